The van der Waals surface area contributed by atoms with Gasteiger partial charge >= 0.3 is 0 Å². The van der Waals surface area contributed by atoms with Crippen LogP contribution in [0, 0.1) is 11.8 Å². The van der Waals surface area contributed by atoms with Crippen LogP contribution in [-0.2, 0) is 9.47 Å². The Labute approximate surface area is 90.3 Å². The second kappa shape index (κ2) is 3.32. The standard InChI is InChI=1S/C13H16O2/c1-3-8-7-9(4-2)13-12(8)14-10-5-6-11(10)15-13/h3-6,8-13H,1-2,7H2/t8-,9+,10-,11+,12-,13+. The van der Waals surface area contributed by atoms with Crippen LogP contribution in [0.25, 0.3) is 0 Å². The molecular formula is C13H16O2. The lowest BCUT2D eigenvalue weighted by atomic mass is 9.97. The topological polar surface area (TPSA) is 18.5 Å². The maximum Gasteiger partial charge on any atom is 0.106 e. The minimum atomic E-state index is 0.177. The predicted molar refractivity (Wildman–Crippen MR) is 58.5 cm³/mol. The molecule has 0 unspecified atom stereocenters. The van der Waals surface area contributed by atoms with E-state index in [1.807, 2.05) is 12.2 Å². The average Bonchev–Trinajstić information content (AvgIpc) is 2.58. The van der Waals surface area contributed by atoms with Crippen molar-refractivity contribution in [3.63, 3.8) is 0 Å². The van der Waals surface area contributed by atoms with Crippen LogP contribution in [0.15, 0.2) is 37.5 Å². The van der Waals surface area contributed by atoms with Gasteiger partial charge in [-0.2, -0.15) is 0 Å². The molecule has 0 N–H and O–H groups in total. The first kappa shape index (κ1) is 9.37. The maximum atomic E-state index is 6.01. The Kier molecular flexibility index (Phi) is 2.08. The number of ether oxygens (including phenoxy) is 2. The first-order chi connectivity index (χ1) is 7.33. The monoisotopic (exact) mass is 204 g/mol. The van der Waals surface area contributed by atoms with Crippen LogP contribution in [-0.4, -0.2) is 24.4 Å². The number of rotatable bonds is 2. The molecule has 3 rings (SSSR count). The highest BCUT2D eigenvalue weighted by Crippen LogP contribution is 2.43. The zero-order valence-corrected chi connectivity index (χ0v) is 8.71. The summed E-state index contributed by atoms with van der Waals surface area (Å²) in [5.41, 5.74) is 0. The molecular weight excluding hydrogens is 188 g/mol. The molecule has 1 heterocycles. The van der Waals surface area contributed by atoms with Crippen molar-refractivity contribution in [1.29, 1.82) is 0 Å². The molecule has 6 atom stereocenters. The molecule has 0 amide bonds. The van der Waals surface area contributed by atoms with E-state index in [0.717, 1.165) is 6.42 Å². The van der Waals surface area contributed by atoms with Crippen molar-refractivity contribution in [3.05, 3.63) is 37.5 Å². The summed E-state index contributed by atoms with van der Waals surface area (Å²) in [5.74, 6) is 0.820. The summed E-state index contributed by atoms with van der Waals surface area (Å²) in [5, 5.41) is 0. The Morgan fingerprint density at radius 1 is 0.933 bits per heavy atom. The lowest BCUT2D eigenvalue weighted by molar-refractivity contribution is -0.201. The van der Waals surface area contributed by atoms with Crippen LogP contribution < -0.4 is 0 Å². The minimum absolute atomic E-state index is 0.177. The van der Waals surface area contributed by atoms with Gasteiger partial charge in [-0.1, -0.05) is 24.3 Å². The van der Waals surface area contributed by atoms with Crippen LogP contribution in [0.4, 0.5) is 0 Å². The molecule has 0 radical (unpaired) electrons. The zero-order chi connectivity index (χ0) is 10.4. The largest absolute Gasteiger partial charge is 0.365 e. The van der Waals surface area contributed by atoms with Crippen molar-refractivity contribution in [3.8, 4) is 0 Å². The molecule has 2 fully saturated rings. The maximum absolute atomic E-state index is 6.01. The van der Waals surface area contributed by atoms with Gasteiger partial charge in [0.05, 0.1) is 12.2 Å². The molecule has 0 bridgehead atoms. The molecule has 80 valence electrons. The molecule has 3 aliphatic rings. The highest BCUT2D eigenvalue weighted by atomic mass is 16.6. The van der Waals surface area contributed by atoms with E-state index < -0.39 is 0 Å². The van der Waals surface area contributed by atoms with Crippen LogP contribution >= 0.6 is 0 Å². The Balaban J connectivity index is 1.84. The molecule has 15 heavy (non-hydrogen) atoms. The van der Waals surface area contributed by atoms with E-state index in [0.29, 0.717) is 11.8 Å². The van der Waals surface area contributed by atoms with Crippen LogP contribution in [0.2, 0.25) is 0 Å². The fraction of sp³-hybridized carbons (Fsp3) is 0.538. The molecule has 2 nitrogen and oxygen atoms in total. The van der Waals surface area contributed by atoms with Gasteiger partial charge in [-0.3, -0.25) is 0 Å². The summed E-state index contributed by atoms with van der Waals surface area (Å²) in [4.78, 5) is 0. The van der Waals surface area contributed by atoms with E-state index in [2.05, 4.69) is 25.3 Å². The Morgan fingerprint density at radius 3 is 1.73 bits per heavy atom. The molecule has 0 spiro atoms. The lowest BCUT2D eigenvalue weighted by Crippen LogP contribution is -2.51. The van der Waals surface area contributed by atoms with Crippen molar-refractivity contribution in [1.82, 2.24) is 0 Å². The molecule has 0 aromatic carbocycles. The molecule has 1 saturated carbocycles. The Hall–Kier alpha value is -0.860. The Morgan fingerprint density at radius 2 is 1.40 bits per heavy atom. The van der Waals surface area contributed by atoms with Gasteiger partial charge in [0.2, 0.25) is 0 Å². The summed E-state index contributed by atoms with van der Waals surface area (Å²) < 4.78 is 12.0. The molecule has 0 aromatic heterocycles. The van der Waals surface area contributed by atoms with Crippen LogP contribution in [0.5, 0.6) is 0 Å². The van der Waals surface area contributed by atoms with Gasteiger partial charge in [-0.15, -0.1) is 13.2 Å². The van der Waals surface area contributed by atoms with Crippen LogP contribution in [0.1, 0.15) is 6.42 Å². The quantitative estimate of drug-likeness (QED) is 0.641. The second-order valence-corrected chi connectivity index (χ2v) is 4.55. The Bertz CT molecular complexity index is 290. The zero-order valence-electron chi connectivity index (χ0n) is 8.71. The molecule has 1 saturated heterocycles. The van der Waals surface area contributed by atoms with Crippen molar-refractivity contribution in [2.45, 2.75) is 30.8 Å². The SMILES string of the molecule is C=C[C@@H]1C[C@H](C=C)[C@@H]2O[C@H]3C=C[C@H]3O[C@@H]21. The predicted octanol–water partition coefficient (Wildman–Crippen LogP) is 2.09. The van der Waals surface area contributed by atoms with E-state index >= 15 is 0 Å². The molecule has 2 aliphatic carbocycles. The van der Waals surface area contributed by atoms with E-state index in [-0.39, 0.29) is 24.4 Å². The average molecular weight is 204 g/mol. The summed E-state index contributed by atoms with van der Waals surface area (Å²) in [6, 6.07) is 0. The van der Waals surface area contributed by atoms with Crippen molar-refractivity contribution in [2.75, 3.05) is 0 Å². The van der Waals surface area contributed by atoms with Gasteiger partial charge in [0.25, 0.3) is 0 Å². The summed E-state index contributed by atoms with van der Waals surface area (Å²) >= 11 is 0. The third-order valence-electron chi connectivity index (χ3n) is 3.76. The lowest BCUT2D eigenvalue weighted by Gasteiger charge is -2.43. The van der Waals surface area contributed by atoms with E-state index in [1.54, 1.807) is 0 Å². The number of hydrogen-bond acceptors (Lipinski definition) is 2. The third kappa shape index (κ3) is 1.25. The van der Waals surface area contributed by atoms with Gasteiger partial charge in [0.1, 0.15) is 12.2 Å². The van der Waals surface area contributed by atoms with Crippen molar-refractivity contribution >= 4 is 0 Å². The summed E-state index contributed by atoms with van der Waals surface area (Å²) in [6.07, 6.45) is 9.90. The molecule has 0 aromatic rings. The highest BCUT2D eigenvalue weighted by molar-refractivity contribution is 5.18. The highest BCUT2D eigenvalue weighted by Gasteiger charge is 2.49. The van der Waals surface area contributed by atoms with E-state index in [4.69, 9.17) is 9.47 Å². The smallest absolute Gasteiger partial charge is 0.106 e. The normalized spacial score (nSPS) is 51.5. The minimum Gasteiger partial charge on any atom is -0.365 e. The third-order valence-corrected chi connectivity index (χ3v) is 3.76. The first-order valence-electron chi connectivity index (χ1n) is 5.58. The fourth-order valence-electron chi connectivity index (χ4n) is 2.79. The van der Waals surface area contributed by atoms with Crippen molar-refractivity contribution in [2.24, 2.45) is 11.8 Å². The number of fused-ring (bicyclic) bond motifs is 2. The van der Waals surface area contributed by atoms with Gasteiger partial charge in [-0.25, -0.2) is 0 Å². The number of hydrogen-bond donors (Lipinski definition) is 0. The van der Waals surface area contributed by atoms with Gasteiger partial charge in [-0.05, 0) is 6.42 Å². The van der Waals surface area contributed by atoms with E-state index in [9.17, 15) is 0 Å². The molecule has 1 aliphatic heterocycles. The van der Waals surface area contributed by atoms with Crippen LogP contribution in [0.3, 0.4) is 0 Å². The van der Waals surface area contributed by atoms with E-state index in [1.165, 1.54) is 0 Å². The van der Waals surface area contributed by atoms with Gasteiger partial charge < -0.3 is 9.47 Å². The molecule has 2 heteroatoms. The summed E-state index contributed by atoms with van der Waals surface area (Å²) in [6.45, 7) is 7.75. The van der Waals surface area contributed by atoms with Gasteiger partial charge in [0, 0.05) is 11.8 Å². The fourth-order valence-corrected chi connectivity index (χ4v) is 2.79. The second-order valence-electron chi connectivity index (χ2n) is 4.55. The summed E-state index contributed by atoms with van der Waals surface area (Å²) in [7, 11) is 0. The van der Waals surface area contributed by atoms with Gasteiger partial charge in [0.15, 0.2) is 0 Å². The van der Waals surface area contributed by atoms with Crippen molar-refractivity contribution < 1.29 is 9.47 Å². The first-order valence-corrected chi connectivity index (χ1v) is 5.58.